The lowest BCUT2D eigenvalue weighted by Crippen LogP contribution is -2.47. The van der Waals surface area contributed by atoms with Crippen molar-refractivity contribution in [1.82, 2.24) is 9.80 Å². The zero-order valence-electron chi connectivity index (χ0n) is 12.9. The molecule has 1 saturated heterocycles. The molecular formula is C17H25N3O. The second-order valence-electron chi connectivity index (χ2n) is 6.15. The molecule has 1 amide bonds. The van der Waals surface area contributed by atoms with E-state index in [9.17, 15) is 4.79 Å². The first-order valence-corrected chi connectivity index (χ1v) is 8.03. The number of piperazine rings is 1. The molecule has 0 atom stereocenters. The first kappa shape index (κ1) is 14.4. The third kappa shape index (κ3) is 3.38. The quantitative estimate of drug-likeness (QED) is 0.841. The fraction of sp³-hybridized carbons (Fsp3) is 0.588. The monoisotopic (exact) mass is 287 g/mol. The number of nitrogens with zero attached hydrogens (tertiary/aromatic N) is 3. The number of para-hydroxylation sites is 1. The zero-order valence-corrected chi connectivity index (χ0v) is 12.9. The Kier molecular flexibility index (Phi) is 4.44. The van der Waals surface area contributed by atoms with Crippen LogP contribution in [0.5, 0.6) is 0 Å². The van der Waals surface area contributed by atoms with Crippen molar-refractivity contribution in [3.05, 3.63) is 29.8 Å². The number of benzene rings is 1. The predicted octanol–water partition coefficient (Wildman–Crippen LogP) is 1.60. The molecule has 0 saturated carbocycles. The molecule has 4 heteroatoms. The molecule has 114 valence electrons. The van der Waals surface area contributed by atoms with E-state index in [0.29, 0.717) is 12.3 Å². The Morgan fingerprint density at radius 2 is 1.86 bits per heavy atom. The van der Waals surface area contributed by atoms with Gasteiger partial charge in [-0.15, -0.1) is 0 Å². The van der Waals surface area contributed by atoms with E-state index < -0.39 is 0 Å². The second-order valence-corrected chi connectivity index (χ2v) is 6.15. The Morgan fingerprint density at radius 3 is 2.67 bits per heavy atom. The molecule has 0 radical (unpaired) electrons. The SMILES string of the molecule is CN1CCN(C(=O)CCCN2CCc3ccccc32)CC1. The molecule has 4 nitrogen and oxygen atoms in total. The number of likely N-dealkylation sites (N-methyl/N-ethyl adjacent to an activating group) is 1. The van der Waals surface area contributed by atoms with Crippen molar-refractivity contribution >= 4 is 11.6 Å². The van der Waals surface area contributed by atoms with Crippen LogP contribution < -0.4 is 4.90 Å². The molecule has 3 rings (SSSR count). The van der Waals surface area contributed by atoms with Crippen molar-refractivity contribution < 1.29 is 4.79 Å². The highest BCUT2D eigenvalue weighted by Gasteiger charge is 2.20. The highest BCUT2D eigenvalue weighted by Crippen LogP contribution is 2.27. The van der Waals surface area contributed by atoms with Gasteiger partial charge < -0.3 is 14.7 Å². The van der Waals surface area contributed by atoms with Crippen molar-refractivity contribution in [2.75, 3.05) is 51.2 Å². The number of hydrogen-bond acceptors (Lipinski definition) is 3. The van der Waals surface area contributed by atoms with E-state index in [1.54, 1.807) is 0 Å². The minimum Gasteiger partial charge on any atom is -0.371 e. The Bertz CT molecular complexity index is 495. The maximum Gasteiger partial charge on any atom is 0.222 e. The van der Waals surface area contributed by atoms with Crippen LogP contribution in [-0.2, 0) is 11.2 Å². The van der Waals surface area contributed by atoms with Crippen LogP contribution in [0, 0.1) is 0 Å². The summed E-state index contributed by atoms with van der Waals surface area (Å²) in [6, 6.07) is 8.63. The Labute approximate surface area is 127 Å². The van der Waals surface area contributed by atoms with E-state index in [4.69, 9.17) is 0 Å². The van der Waals surface area contributed by atoms with Gasteiger partial charge >= 0.3 is 0 Å². The Hall–Kier alpha value is -1.55. The van der Waals surface area contributed by atoms with Gasteiger partial charge in [0, 0.05) is 51.4 Å². The predicted molar refractivity (Wildman–Crippen MR) is 85.7 cm³/mol. The van der Waals surface area contributed by atoms with Gasteiger partial charge in [-0.2, -0.15) is 0 Å². The van der Waals surface area contributed by atoms with Crippen LogP contribution in [0.25, 0.3) is 0 Å². The average molecular weight is 287 g/mol. The van der Waals surface area contributed by atoms with Gasteiger partial charge in [0.25, 0.3) is 0 Å². The Balaban J connectivity index is 1.43. The number of amides is 1. The summed E-state index contributed by atoms with van der Waals surface area (Å²) in [5.41, 5.74) is 2.81. The van der Waals surface area contributed by atoms with Crippen LogP contribution in [0.1, 0.15) is 18.4 Å². The molecule has 21 heavy (non-hydrogen) atoms. The molecule has 0 bridgehead atoms. The first-order chi connectivity index (χ1) is 10.2. The fourth-order valence-electron chi connectivity index (χ4n) is 3.27. The van der Waals surface area contributed by atoms with E-state index in [-0.39, 0.29) is 0 Å². The lowest BCUT2D eigenvalue weighted by molar-refractivity contribution is -0.132. The van der Waals surface area contributed by atoms with Crippen LogP contribution in [0.3, 0.4) is 0 Å². The maximum atomic E-state index is 12.2. The van der Waals surface area contributed by atoms with E-state index in [1.165, 1.54) is 11.3 Å². The van der Waals surface area contributed by atoms with Crippen LogP contribution in [0.15, 0.2) is 24.3 Å². The van der Waals surface area contributed by atoms with E-state index in [0.717, 1.165) is 52.1 Å². The standard InChI is InChI=1S/C17H25N3O/c1-18-11-13-20(14-12-18)17(21)7-4-9-19-10-8-15-5-2-3-6-16(15)19/h2-3,5-6H,4,7-14H2,1H3. The van der Waals surface area contributed by atoms with Gasteiger partial charge in [0.2, 0.25) is 5.91 Å². The van der Waals surface area contributed by atoms with Gasteiger partial charge in [-0.3, -0.25) is 4.79 Å². The van der Waals surface area contributed by atoms with Crippen molar-refractivity contribution in [3.63, 3.8) is 0 Å². The van der Waals surface area contributed by atoms with E-state index in [1.807, 2.05) is 4.90 Å². The zero-order chi connectivity index (χ0) is 14.7. The van der Waals surface area contributed by atoms with Crippen LogP contribution in [0.4, 0.5) is 5.69 Å². The summed E-state index contributed by atoms with van der Waals surface area (Å²) < 4.78 is 0. The van der Waals surface area contributed by atoms with Crippen molar-refractivity contribution in [3.8, 4) is 0 Å². The summed E-state index contributed by atoms with van der Waals surface area (Å²) in [5.74, 6) is 0.329. The number of carbonyl (C=O) groups excluding carboxylic acids is 1. The summed E-state index contributed by atoms with van der Waals surface area (Å²) in [5, 5.41) is 0. The number of fused-ring (bicyclic) bond motifs is 1. The first-order valence-electron chi connectivity index (χ1n) is 8.03. The molecule has 2 aliphatic heterocycles. The van der Waals surface area contributed by atoms with Gasteiger partial charge in [-0.05, 0) is 31.5 Å². The Morgan fingerprint density at radius 1 is 1.10 bits per heavy atom. The molecule has 1 aromatic carbocycles. The molecule has 1 aromatic rings. The van der Waals surface area contributed by atoms with Gasteiger partial charge in [-0.25, -0.2) is 0 Å². The number of carbonyl (C=O) groups is 1. The lowest BCUT2D eigenvalue weighted by atomic mass is 10.2. The second kappa shape index (κ2) is 6.48. The lowest BCUT2D eigenvalue weighted by Gasteiger charge is -2.32. The molecule has 0 N–H and O–H groups in total. The summed E-state index contributed by atoms with van der Waals surface area (Å²) in [4.78, 5) is 18.9. The largest absolute Gasteiger partial charge is 0.371 e. The summed E-state index contributed by atoms with van der Waals surface area (Å²) >= 11 is 0. The molecule has 2 aliphatic rings. The van der Waals surface area contributed by atoms with Crippen LogP contribution >= 0.6 is 0 Å². The van der Waals surface area contributed by atoms with Gasteiger partial charge in [-0.1, -0.05) is 18.2 Å². The van der Waals surface area contributed by atoms with Gasteiger partial charge in [0.15, 0.2) is 0 Å². The number of rotatable bonds is 4. The minimum absolute atomic E-state index is 0.329. The van der Waals surface area contributed by atoms with Crippen molar-refractivity contribution in [2.45, 2.75) is 19.3 Å². The molecule has 0 unspecified atom stereocenters. The highest BCUT2D eigenvalue weighted by atomic mass is 16.2. The summed E-state index contributed by atoms with van der Waals surface area (Å²) in [6.45, 7) is 5.89. The summed E-state index contributed by atoms with van der Waals surface area (Å²) in [7, 11) is 2.12. The van der Waals surface area contributed by atoms with Crippen LogP contribution in [-0.4, -0.2) is 62.0 Å². The fourth-order valence-corrected chi connectivity index (χ4v) is 3.27. The topological polar surface area (TPSA) is 26.8 Å². The molecule has 0 spiro atoms. The molecule has 0 aromatic heterocycles. The van der Waals surface area contributed by atoms with Crippen molar-refractivity contribution in [2.24, 2.45) is 0 Å². The molecule has 0 aliphatic carbocycles. The maximum absolute atomic E-state index is 12.2. The van der Waals surface area contributed by atoms with E-state index in [2.05, 4.69) is 41.1 Å². The molecule has 2 heterocycles. The van der Waals surface area contributed by atoms with E-state index >= 15 is 0 Å². The minimum atomic E-state index is 0.329. The number of anilines is 1. The van der Waals surface area contributed by atoms with Crippen LogP contribution in [0.2, 0.25) is 0 Å². The van der Waals surface area contributed by atoms with Gasteiger partial charge in [0.05, 0.1) is 0 Å². The highest BCUT2D eigenvalue weighted by molar-refractivity contribution is 5.76. The van der Waals surface area contributed by atoms with Gasteiger partial charge in [0.1, 0.15) is 0 Å². The normalized spacial score (nSPS) is 18.9. The smallest absolute Gasteiger partial charge is 0.222 e. The summed E-state index contributed by atoms with van der Waals surface area (Å²) in [6.07, 6.45) is 2.78. The third-order valence-electron chi connectivity index (χ3n) is 4.66. The third-order valence-corrected chi connectivity index (χ3v) is 4.66. The van der Waals surface area contributed by atoms with Crippen molar-refractivity contribution in [1.29, 1.82) is 0 Å². The average Bonchev–Trinajstić information content (AvgIpc) is 2.91. The molecular weight excluding hydrogens is 262 g/mol. The molecule has 1 fully saturated rings. The number of hydrogen-bond donors (Lipinski definition) is 0.